The zero-order chi connectivity index (χ0) is 12.3. The lowest BCUT2D eigenvalue weighted by Crippen LogP contribution is -2.05. The normalized spacial score (nSPS) is 10.3. The Hall–Kier alpha value is -2.01. The Bertz CT molecular complexity index is 531. The third kappa shape index (κ3) is 2.24. The van der Waals surface area contributed by atoms with E-state index in [2.05, 4.69) is 9.97 Å². The molecule has 0 atom stereocenters. The SMILES string of the molecule is COc1ncnc(-c2cccc(F)c2)c1CN. The number of hydrogen-bond acceptors (Lipinski definition) is 4. The molecule has 0 amide bonds. The molecular weight excluding hydrogens is 221 g/mol. The van der Waals surface area contributed by atoms with Gasteiger partial charge in [0.15, 0.2) is 0 Å². The fourth-order valence-electron chi connectivity index (χ4n) is 1.64. The van der Waals surface area contributed by atoms with Crippen molar-refractivity contribution < 1.29 is 9.13 Å². The molecule has 88 valence electrons. The van der Waals surface area contributed by atoms with Gasteiger partial charge in [-0.1, -0.05) is 12.1 Å². The molecule has 0 aliphatic rings. The van der Waals surface area contributed by atoms with Crippen molar-refractivity contribution in [2.24, 2.45) is 5.73 Å². The van der Waals surface area contributed by atoms with Gasteiger partial charge in [-0.05, 0) is 12.1 Å². The summed E-state index contributed by atoms with van der Waals surface area (Å²) in [4.78, 5) is 8.10. The van der Waals surface area contributed by atoms with Crippen LogP contribution in [0.4, 0.5) is 4.39 Å². The van der Waals surface area contributed by atoms with Crippen molar-refractivity contribution in [2.45, 2.75) is 6.54 Å². The minimum atomic E-state index is -0.317. The van der Waals surface area contributed by atoms with Crippen molar-refractivity contribution in [3.05, 3.63) is 42.0 Å². The Labute approximate surface area is 98.3 Å². The van der Waals surface area contributed by atoms with E-state index in [0.717, 1.165) is 0 Å². The molecule has 0 radical (unpaired) electrons. The molecule has 1 aromatic heterocycles. The summed E-state index contributed by atoms with van der Waals surface area (Å²) < 4.78 is 18.3. The molecule has 5 heteroatoms. The average Bonchev–Trinajstić information content (AvgIpc) is 2.37. The highest BCUT2D eigenvalue weighted by Crippen LogP contribution is 2.26. The van der Waals surface area contributed by atoms with Gasteiger partial charge in [-0.2, -0.15) is 0 Å². The largest absolute Gasteiger partial charge is 0.481 e. The van der Waals surface area contributed by atoms with Crippen LogP contribution in [0.1, 0.15) is 5.56 Å². The Kier molecular flexibility index (Phi) is 3.30. The van der Waals surface area contributed by atoms with Gasteiger partial charge in [0.2, 0.25) is 5.88 Å². The number of nitrogens with zero attached hydrogens (tertiary/aromatic N) is 2. The minimum Gasteiger partial charge on any atom is -0.481 e. The predicted octanol–water partition coefficient (Wildman–Crippen LogP) is 1.75. The fourth-order valence-corrected chi connectivity index (χ4v) is 1.64. The molecule has 0 unspecified atom stereocenters. The average molecular weight is 233 g/mol. The quantitative estimate of drug-likeness (QED) is 0.877. The van der Waals surface area contributed by atoms with E-state index < -0.39 is 0 Å². The van der Waals surface area contributed by atoms with Crippen molar-refractivity contribution in [1.29, 1.82) is 0 Å². The summed E-state index contributed by atoms with van der Waals surface area (Å²) >= 11 is 0. The summed E-state index contributed by atoms with van der Waals surface area (Å²) in [6.07, 6.45) is 1.37. The first-order valence-electron chi connectivity index (χ1n) is 5.10. The summed E-state index contributed by atoms with van der Waals surface area (Å²) in [7, 11) is 1.51. The topological polar surface area (TPSA) is 61.0 Å². The van der Waals surface area contributed by atoms with E-state index in [4.69, 9.17) is 10.5 Å². The molecule has 4 nitrogen and oxygen atoms in total. The Morgan fingerprint density at radius 3 is 2.82 bits per heavy atom. The molecule has 0 saturated heterocycles. The number of ether oxygens (including phenoxy) is 1. The van der Waals surface area contributed by atoms with E-state index in [1.54, 1.807) is 12.1 Å². The first-order valence-corrected chi connectivity index (χ1v) is 5.10. The molecule has 0 bridgehead atoms. The lowest BCUT2D eigenvalue weighted by Gasteiger charge is -2.10. The fraction of sp³-hybridized carbons (Fsp3) is 0.167. The van der Waals surface area contributed by atoms with Crippen molar-refractivity contribution in [2.75, 3.05) is 7.11 Å². The highest BCUT2D eigenvalue weighted by atomic mass is 19.1. The van der Waals surface area contributed by atoms with Gasteiger partial charge in [0.25, 0.3) is 0 Å². The Balaban J connectivity index is 2.59. The van der Waals surface area contributed by atoms with Gasteiger partial charge in [0.1, 0.15) is 12.1 Å². The molecule has 2 rings (SSSR count). The maximum atomic E-state index is 13.2. The van der Waals surface area contributed by atoms with Gasteiger partial charge in [0, 0.05) is 12.1 Å². The summed E-state index contributed by atoms with van der Waals surface area (Å²) in [6, 6.07) is 6.18. The van der Waals surface area contributed by atoms with Crippen LogP contribution in [0.2, 0.25) is 0 Å². The highest BCUT2D eigenvalue weighted by molar-refractivity contribution is 5.64. The van der Waals surface area contributed by atoms with E-state index >= 15 is 0 Å². The van der Waals surface area contributed by atoms with Gasteiger partial charge < -0.3 is 10.5 Å². The Morgan fingerprint density at radius 2 is 2.18 bits per heavy atom. The zero-order valence-electron chi connectivity index (χ0n) is 9.35. The van der Waals surface area contributed by atoms with Crippen LogP contribution in [-0.2, 0) is 6.54 Å². The van der Waals surface area contributed by atoms with Crippen LogP contribution in [-0.4, -0.2) is 17.1 Å². The summed E-state index contributed by atoms with van der Waals surface area (Å²) in [5.74, 6) is 0.102. The lowest BCUT2D eigenvalue weighted by atomic mass is 10.1. The van der Waals surface area contributed by atoms with Crippen LogP contribution >= 0.6 is 0 Å². The molecule has 1 aromatic carbocycles. The van der Waals surface area contributed by atoms with E-state index in [0.29, 0.717) is 22.7 Å². The zero-order valence-corrected chi connectivity index (χ0v) is 9.35. The standard InChI is InChI=1S/C12H12FN3O/c1-17-12-10(6-14)11(15-7-16-12)8-3-2-4-9(13)5-8/h2-5,7H,6,14H2,1H3. The number of halogens is 1. The second kappa shape index (κ2) is 4.88. The van der Waals surface area contributed by atoms with Crippen LogP contribution in [0.5, 0.6) is 5.88 Å². The number of aromatic nitrogens is 2. The van der Waals surface area contributed by atoms with E-state index in [-0.39, 0.29) is 12.4 Å². The number of nitrogens with two attached hydrogens (primary N) is 1. The molecular formula is C12H12FN3O. The highest BCUT2D eigenvalue weighted by Gasteiger charge is 2.12. The summed E-state index contributed by atoms with van der Waals surface area (Å²) in [5, 5.41) is 0. The van der Waals surface area contributed by atoms with E-state index in [1.165, 1.54) is 25.6 Å². The minimum absolute atomic E-state index is 0.232. The second-order valence-corrected chi connectivity index (χ2v) is 3.42. The summed E-state index contributed by atoms with van der Waals surface area (Å²) in [5.41, 5.74) is 7.57. The van der Waals surface area contributed by atoms with Gasteiger partial charge in [-0.25, -0.2) is 14.4 Å². The van der Waals surface area contributed by atoms with Crippen LogP contribution in [0.3, 0.4) is 0 Å². The maximum absolute atomic E-state index is 13.2. The molecule has 2 aromatic rings. The Morgan fingerprint density at radius 1 is 1.35 bits per heavy atom. The van der Waals surface area contributed by atoms with Gasteiger partial charge in [-0.3, -0.25) is 0 Å². The van der Waals surface area contributed by atoms with Crippen molar-refractivity contribution in [3.8, 4) is 17.1 Å². The third-order valence-corrected chi connectivity index (χ3v) is 2.40. The molecule has 0 spiro atoms. The number of benzene rings is 1. The van der Waals surface area contributed by atoms with Crippen molar-refractivity contribution >= 4 is 0 Å². The number of hydrogen-bond donors (Lipinski definition) is 1. The molecule has 0 fully saturated rings. The van der Waals surface area contributed by atoms with E-state index in [9.17, 15) is 4.39 Å². The molecule has 0 aliphatic heterocycles. The van der Waals surface area contributed by atoms with Gasteiger partial charge >= 0.3 is 0 Å². The van der Waals surface area contributed by atoms with Gasteiger partial charge in [0.05, 0.1) is 18.4 Å². The van der Waals surface area contributed by atoms with Crippen LogP contribution in [0, 0.1) is 5.82 Å². The molecule has 2 N–H and O–H groups in total. The first-order chi connectivity index (χ1) is 8.26. The molecule has 0 saturated carbocycles. The van der Waals surface area contributed by atoms with Crippen LogP contribution in [0.25, 0.3) is 11.3 Å². The van der Waals surface area contributed by atoms with Crippen LogP contribution < -0.4 is 10.5 Å². The lowest BCUT2D eigenvalue weighted by molar-refractivity contribution is 0.391. The number of rotatable bonds is 3. The maximum Gasteiger partial charge on any atom is 0.221 e. The smallest absolute Gasteiger partial charge is 0.221 e. The third-order valence-electron chi connectivity index (χ3n) is 2.40. The number of methoxy groups -OCH3 is 1. The second-order valence-electron chi connectivity index (χ2n) is 3.42. The molecule has 17 heavy (non-hydrogen) atoms. The molecule has 1 heterocycles. The van der Waals surface area contributed by atoms with Gasteiger partial charge in [-0.15, -0.1) is 0 Å². The summed E-state index contributed by atoms with van der Waals surface area (Å²) in [6.45, 7) is 0.232. The predicted molar refractivity (Wildman–Crippen MR) is 61.9 cm³/mol. The van der Waals surface area contributed by atoms with E-state index in [1.807, 2.05) is 0 Å². The monoisotopic (exact) mass is 233 g/mol. The van der Waals surface area contributed by atoms with Crippen LogP contribution in [0.15, 0.2) is 30.6 Å². The molecule has 0 aliphatic carbocycles. The first kappa shape index (κ1) is 11.5. The van der Waals surface area contributed by atoms with Crippen molar-refractivity contribution in [1.82, 2.24) is 9.97 Å². The van der Waals surface area contributed by atoms with Crippen molar-refractivity contribution in [3.63, 3.8) is 0 Å².